The third kappa shape index (κ3) is 4.58. The second-order valence-corrected chi connectivity index (χ2v) is 10.0. The summed E-state index contributed by atoms with van der Waals surface area (Å²) in [4.78, 5) is 53.5. The predicted molar refractivity (Wildman–Crippen MR) is 140 cm³/mol. The number of carbonyl (C=O) groups is 4. The first kappa shape index (κ1) is 26.7. The number of hydrogen-bond acceptors (Lipinski definition) is 4. The standard InChI is InChI=1S/C24H12Cl6N2O4/c1-10-2-4-11(5-3-10)15(33)9-31(22(34)12-6-7-13(25)14(26)8-12)32-23(35)16-17(24(32)36)19(28)21(30)20(29)18(16)27/h2-8H,9H2,1H3. The van der Waals surface area contributed by atoms with Gasteiger partial charge >= 0.3 is 0 Å². The Morgan fingerprint density at radius 3 is 1.72 bits per heavy atom. The number of fused-ring (bicyclic) bond motifs is 1. The molecule has 3 aromatic rings. The molecule has 0 saturated heterocycles. The first-order valence-corrected chi connectivity index (χ1v) is 12.3. The molecule has 0 atom stereocenters. The van der Waals surface area contributed by atoms with Crippen LogP contribution in [0, 0.1) is 6.92 Å². The van der Waals surface area contributed by atoms with E-state index in [9.17, 15) is 19.2 Å². The molecule has 4 rings (SSSR count). The molecule has 0 spiro atoms. The second-order valence-electron chi connectivity index (χ2n) is 7.71. The maximum Gasteiger partial charge on any atom is 0.282 e. The Balaban J connectivity index is 1.83. The Morgan fingerprint density at radius 1 is 0.722 bits per heavy atom. The molecule has 0 saturated carbocycles. The topological polar surface area (TPSA) is 74.8 Å². The van der Waals surface area contributed by atoms with Crippen molar-refractivity contribution >= 4 is 93.1 Å². The van der Waals surface area contributed by atoms with Crippen molar-refractivity contribution in [1.29, 1.82) is 0 Å². The largest absolute Gasteiger partial charge is 0.292 e. The van der Waals surface area contributed by atoms with Crippen molar-refractivity contribution in [2.24, 2.45) is 0 Å². The van der Waals surface area contributed by atoms with Gasteiger partial charge in [-0.15, -0.1) is 0 Å². The number of benzene rings is 3. The van der Waals surface area contributed by atoms with E-state index in [4.69, 9.17) is 69.6 Å². The molecule has 0 aliphatic carbocycles. The van der Waals surface area contributed by atoms with E-state index < -0.39 is 30.0 Å². The van der Waals surface area contributed by atoms with Crippen LogP contribution in [0.2, 0.25) is 30.1 Å². The molecule has 1 aliphatic heterocycles. The zero-order valence-electron chi connectivity index (χ0n) is 18.0. The van der Waals surface area contributed by atoms with Crippen molar-refractivity contribution in [3.8, 4) is 0 Å². The zero-order chi connectivity index (χ0) is 26.5. The summed E-state index contributed by atoms with van der Waals surface area (Å²) in [6.07, 6.45) is 0. The van der Waals surface area contributed by atoms with Gasteiger partial charge in [0.05, 0.1) is 41.3 Å². The number of amides is 3. The van der Waals surface area contributed by atoms with Crippen LogP contribution >= 0.6 is 69.6 Å². The number of carbonyl (C=O) groups excluding carboxylic acids is 4. The van der Waals surface area contributed by atoms with Gasteiger partial charge in [-0.05, 0) is 25.1 Å². The first-order valence-electron chi connectivity index (χ1n) is 10.1. The summed E-state index contributed by atoms with van der Waals surface area (Å²) >= 11 is 36.6. The first-order chi connectivity index (χ1) is 16.9. The highest BCUT2D eigenvalue weighted by atomic mass is 35.5. The van der Waals surface area contributed by atoms with Crippen LogP contribution < -0.4 is 0 Å². The number of hydrogen-bond donors (Lipinski definition) is 0. The molecule has 1 aliphatic rings. The lowest BCUT2D eigenvalue weighted by atomic mass is 10.1. The normalized spacial score (nSPS) is 12.7. The highest BCUT2D eigenvalue weighted by Gasteiger charge is 2.46. The number of ketones is 1. The molecular weight excluding hydrogens is 593 g/mol. The van der Waals surface area contributed by atoms with E-state index in [0.29, 0.717) is 10.0 Å². The number of Topliss-reactive ketones (excluding diaryl/α,β-unsaturated/α-hetero) is 1. The Hall–Kier alpha value is -2.32. The maximum absolute atomic E-state index is 13.6. The molecule has 0 fully saturated rings. The Kier molecular flexibility index (Phi) is 7.58. The van der Waals surface area contributed by atoms with Crippen LogP contribution in [0.3, 0.4) is 0 Å². The minimum Gasteiger partial charge on any atom is -0.292 e. The van der Waals surface area contributed by atoms with Gasteiger partial charge < -0.3 is 0 Å². The van der Waals surface area contributed by atoms with E-state index in [1.807, 2.05) is 6.92 Å². The van der Waals surface area contributed by atoms with E-state index in [1.165, 1.54) is 18.2 Å². The molecule has 36 heavy (non-hydrogen) atoms. The average Bonchev–Trinajstić information content (AvgIpc) is 3.11. The van der Waals surface area contributed by atoms with Gasteiger partial charge in [-0.3, -0.25) is 19.2 Å². The summed E-state index contributed by atoms with van der Waals surface area (Å²) < 4.78 is 0. The summed E-state index contributed by atoms with van der Waals surface area (Å²) in [5.41, 5.74) is 0.456. The van der Waals surface area contributed by atoms with Crippen LogP contribution in [-0.4, -0.2) is 40.1 Å². The molecule has 1 heterocycles. The molecule has 12 heteroatoms. The summed E-state index contributed by atoms with van der Waals surface area (Å²) in [7, 11) is 0. The number of aryl methyl sites for hydroxylation is 1. The minimum atomic E-state index is -1.01. The van der Waals surface area contributed by atoms with Crippen LogP contribution in [0.5, 0.6) is 0 Å². The summed E-state index contributed by atoms with van der Waals surface area (Å²) in [6, 6.07) is 10.5. The van der Waals surface area contributed by atoms with Gasteiger partial charge in [0.2, 0.25) is 0 Å². The minimum absolute atomic E-state index is 0.0362. The fourth-order valence-corrected chi connectivity index (χ4v) is 4.85. The summed E-state index contributed by atoms with van der Waals surface area (Å²) in [5, 5.41) is 0.333. The lowest BCUT2D eigenvalue weighted by Crippen LogP contribution is -2.51. The monoisotopic (exact) mass is 602 g/mol. The van der Waals surface area contributed by atoms with Gasteiger partial charge in [0.1, 0.15) is 6.54 Å². The van der Waals surface area contributed by atoms with Gasteiger partial charge in [-0.2, -0.15) is 5.01 Å². The third-order valence-electron chi connectivity index (χ3n) is 5.39. The Morgan fingerprint density at radius 2 is 1.22 bits per heavy atom. The molecule has 0 radical (unpaired) electrons. The Bertz CT molecular complexity index is 1430. The highest BCUT2D eigenvalue weighted by molar-refractivity contribution is 6.55. The molecule has 184 valence electrons. The lowest BCUT2D eigenvalue weighted by molar-refractivity contribution is 0.00532. The Labute approximate surface area is 235 Å². The number of nitrogens with zero attached hydrogens (tertiary/aromatic N) is 2. The average molecular weight is 605 g/mol. The van der Waals surface area contributed by atoms with Gasteiger partial charge in [-0.25, -0.2) is 5.01 Å². The highest BCUT2D eigenvalue weighted by Crippen LogP contribution is 2.45. The molecule has 0 aromatic heterocycles. The van der Waals surface area contributed by atoms with Gasteiger partial charge in [0.25, 0.3) is 17.7 Å². The fourth-order valence-electron chi connectivity index (χ4n) is 3.53. The van der Waals surface area contributed by atoms with E-state index >= 15 is 0 Å². The predicted octanol–water partition coefficient (Wildman–Crippen LogP) is 7.45. The molecule has 0 unspecified atom stereocenters. The fraction of sp³-hybridized carbons (Fsp3) is 0.0833. The van der Waals surface area contributed by atoms with Gasteiger partial charge in [0.15, 0.2) is 5.78 Å². The zero-order valence-corrected chi connectivity index (χ0v) is 22.6. The smallest absolute Gasteiger partial charge is 0.282 e. The van der Waals surface area contributed by atoms with E-state index in [2.05, 4.69) is 0 Å². The van der Waals surface area contributed by atoms with Crippen molar-refractivity contribution in [2.75, 3.05) is 6.54 Å². The molecule has 3 amide bonds. The summed E-state index contributed by atoms with van der Waals surface area (Å²) in [6.45, 7) is 1.17. The molecule has 0 N–H and O–H groups in total. The molecule has 6 nitrogen and oxygen atoms in total. The quantitative estimate of drug-likeness (QED) is 0.131. The van der Waals surface area contributed by atoms with Gasteiger partial charge in [0, 0.05) is 11.1 Å². The van der Waals surface area contributed by atoms with E-state index in [0.717, 1.165) is 5.56 Å². The van der Waals surface area contributed by atoms with E-state index in [1.54, 1.807) is 24.3 Å². The van der Waals surface area contributed by atoms with E-state index in [-0.39, 0.29) is 52.4 Å². The number of hydrazine groups is 1. The third-order valence-corrected chi connectivity index (χ3v) is 7.93. The van der Waals surface area contributed by atoms with Crippen molar-refractivity contribution < 1.29 is 19.2 Å². The van der Waals surface area contributed by atoms with Crippen LogP contribution in [0.25, 0.3) is 0 Å². The second kappa shape index (κ2) is 10.2. The molecular formula is C24H12Cl6N2O4. The summed E-state index contributed by atoms with van der Waals surface area (Å²) in [5.74, 6) is -3.45. The number of imide groups is 1. The molecule has 3 aromatic carbocycles. The number of halogens is 6. The number of rotatable bonds is 5. The van der Waals surface area contributed by atoms with Crippen molar-refractivity contribution in [3.63, 3.8) is 0 Å². The van der Waals surface area contributed by atoms with Crippen molar-refractivity contribution in [2.45, 2.75) is 6.92 Å². The van der Waals surface area contributed by atoms with Crippen molar-refractivity contribution in [3.05, 3.63) is 100 Å². The van der Waals surface area contributed by atoms with Crippen LogP contribution in [-0.2, 0) is 0 Å². The van der Waals surface area contributed by atoms with Crippen LogP contribution in [0.4, 0.5) is 0 Å². The maximum atomic E-state index is 13.6. The SMILES string of the molecule is Cc1ccc(C(=O)CN(C(=O)c2ccc(Cl)c(Cl)c2)N2C(=O)c3c(Cl)c(Cl)c(Cl)c(Cl)c3C2=O)cc1. The van der Waals surface area contributed by atoms with Crippen LogP contribution in [0.15, 0.2) is 42.5 Å². The van der Waals surface area contributed by atoms with Gasteiger partial charge in [-0.1, -0.05) is 99.4 Å². The lowest BCUT2D eigenvalue weighted by Gasteiger charge is -2.29. The van der Waals surface area contributed by atoms with Crippen LogP contribution in [0.1, 0.15) is 47.0 Å². The van der Waals surface area contributed by atoms with Crippen molar-refractivity contribution in [1.82, 2.24) is 10.0 Å². The molecule has 0 bridgehead atoms.